The maximum atomic E-state index is 14.6. The smallest absolute Gasteiger partial charge is 0.221 e. The van der Waals surface area contributed by atoms with E-state index in [2.05, 4.69) is 145 Å². The number of hydrogen-bond acceptors (Lipinski definition) is 32. The maximum absolute atomic E-state index is 14.6. The van der Waals surface area contributed by atoms with Gasteiger partial charge < -0.3 is 58.0 Å². The summed E-state index contributed by atoms with van der Waals surface area (Å²) in [7, 11) is 1.63. The van der Waals surface area contributed by atoms with Crippen LogP contribution in [0.2, 0.25) is 5.15 Å². The molecule has 714 valence electrons. The van der Waals surface area contributed by atoms with E-state index in [9.17, 15) is 13.9 Å². The van der Waals surface area contributed by atoms with Crippen LogP contribution in [0, 0.1) is 18.8 Å². The van der Waals surface area contributed by atoms with E-state index in [-0.39, 0.29) is 6.61 Å². The highest BCUT2D eigenvalue weighted by Gasteiger charge is 2.29. The molecule has 0 aliphatic carbocycles. The van der Waals surface area contributed by atoms with Crippen LogP contribution in [0.4, 0.5) is 37.9 Å². The number of hydrogen-bond donors (Lipinski definition) is 6. The van der Waals surface area contributed by atoms with E-state index in [0.29, 0.717) is 93.9 Å². The fraction of sp³-hybridized carbons (Fsp3) is 0.225. The summed E-state index contributed by atoms with van der Waals surface area (Å²) in [6.45, 7) is 16.5. The first-order chi connectivity index (χ1) is 70.0. The summed E-state index contributed by atoms with van der Waals surface area (Å²) in [6, 6.07) is 47.9. The largest absolute Gasteiger partial charge is 0.481 e. The van der Waals surface area contributed by atoms with Gasteiger partial charge in [0.2, 0.25) is 17.8 Å². The fourth-order valence-electron chi connectivity index (χ4n) is 17.7. The van der Waals surface area contributed by atoms with Crippen LogP contribution in [0.3, 0.4) is 0 Å². The third kappa shape index (κ3) is 19.9. The molecule has 0 bridgehead atoms. The summed E-state index contributed by atoms with van der Waals surface area (Å²) in [5.74, 6) is 3.84. The molecule has 5 fully saturated rings. The molecular weight excluding hydrogens is 1850 g/mol. The number of methoxy groups -OCH3 is 1. The first kappa shape index (κ1) is 92.2. The summed E-state index contributed by atoms with van der Waals surface area (Å²) < 4.78 is 60.9. The Morgan fingerprint density at radius 1 is 0.345 bits per heavy atom. The lowest BCUT2D eigenvalue weighted by atomic mass is 10.0. The molecule has 0 spiro atoms. The van der Waals surface area contributed by atoms with Crippen molar-refractivity contribution in [1.29, 1.82) is 0 Å². The number of anilines is 5. The quantitative estimate of drug-likeness (QED) is 0.0461. The molecule has 20 aromatic heterocycles. The van der Waals surface area contributed by atoms with E-state index < -0.39 is 11.9 Å². The molecule has 0 unspecified atom stereocenters. The molecule has 0 amide bonds. The predicted octanol–water partition coefficient (Wildman–Crippen LogP) is 16.0. The number of aromatic amines is 5. The molecule has 0 saturated carbocycles. The Balaban J connectivity index is 0.000000105. The van der Waals surface area contributed by atoms with Crippen LogP contribution >= 0.6 is 22.9 Å². The van der Waals surface area contributed by atoms with Gasteiger partial charge in [0.25, 0.3) is 0 Å². The number of nitrogens with one attached hydrogen (secondary N) is 5. The number of morpholine rings is 5. The van der Waals surface area contributed by atoms with Crippen LogP contribution in [-0.2, 0) is 30.3 Å². The Morgan fingerprint density at radius 2 is 0.690 bits per heavy atom. The van der Waals surface area contributed by atoms with Gasteiger partial charge in [-0.05, 0) is 175 Å². The van der Waals surface area contributed by atoms with Crippen molar-refractivity contribution >= 4 is 107 Å². The van der Waals surface area contributed by atoms with Crippen molar-refractivity contribution in [3.05, 3.63) is 260 Å². The molecule has 25 rings (SSSR count). The van der Waals surface area contributed by atoms with Crippen LogP contribution in [0.1, 0.15) is 10.6 Å². The summed E-state index contributed by atoms with van der Waals surface area (Å²) in [5.41, 5.74) is 20.3. The third-order valence-corrected chi connectivity index (χ3v) is 26.1. The number of aliphatic hydroxyl groups is 1. The average molecular weight is 1940 g/mol. The van der Waals surface area contributed by atoms with Gasteiger partial charge in [0.15, 0.2) is 0 Å². The molecule has 0 radical (unpaired) electrons. The average Bonchev–Trinajstić information content (AvgIpc) is 1.01. The minimum atomic E-state index is -0.511. The van der Waals surface area contributed by atoms with Crippen molar-refractivity contribution < 1.29 is 42.3 Å². The Kier molecular flexibility index (Phi) is 27.7. The van der Waals surface area contributed by atoms with E-state index in [4.69, 9.17) is 64.9 Å². The number of aliphatic hydroxyl groups excluding tert-OH is 1. The van der Waals surface area contributed by atoms with E-state index in [1.807, 2.05) is 110 Å². The number of fused-ring (bicyclic) bond motifs is 5. The molecule has 36 nitrogen and oxygen atoms in total. The zero-order chi connectivity index (χ0) is 96.2. The highest BCUT2D eigenvalue weighted by atomic mass is 35.5. The number of nitrogens with zero attached hydrogens (tertiary/aromatic N) is 24. The summed E-state index contributed by atoms with van der Waals surface area (Å²) in [5, 5.41) is 49.9. The predicted molar refractivity (Wildman–Crippen MR) is 539 cm³/mol. The van der Waals surface area contributed by atoms with Gasteiger partial charge in [-0.1, -0.05) is 11.6 Å². The van der Waals surface area contributed by atoms with Crippen LogP contribution in [-0.4, -0.2) is 264 Å². The van der Waals surface area contributed by atoms with Gasteiger partial charge in [-0.3, -0.25) is 50.4 Å². The molecule has 6 N–H and O–H groups in total. The molecule has 40 heteroatoms. The van der Waals surface area contributed by atoms with Crippen LogP contribution < -0.4 is 29.2 Å². The van der Waals surface area contributed by atoms with Crippen molar-refractivity contribution in [3.8, 4) is 118 Å². The second-order valence-electron chi connectivity index (χ2n) is 33.3. The highest BCUT2D eigenvalue weighted by molar-refractivity contribution is 7.15. The zero-order valence-electron chi connectivity index (χ0n) is 77.0. The minimum absolute atomic E-state index is 0.0466. The van der Waals surface area contributed by atoms with E-state index in [0.717, 1.165) is 255 Å². The number of aryl methyl sites for hydroxylation is 1. The molecular formula is C102H92ClF2N29O7S. The number of rotatable bonds is 17. The topological polar surface area (TPSA) is 416 Å². The molecule has 0 aromatic carbocycles. The van der Waals surface area contributed by atoms with Gasteiger partial charge in [0, 0.05) is 222 Å². The Labute approximate surface area is 819 Å². The number of H-pyrrole nitrogens is 5. The van der Waals surface area contributed by atoms with Crippen LogP contribution in [0.25, 0.3) is 166 Å². The van der Waals surface area contributed by atoms with Crippen molar-refractivity contribution in [1.82, 2.24) is 121 Å². The number of pyridine rings is 14. The minimum Gasteiger partial charge on any atom is -0.481 e. The first-order valence-electron chi connectivity index (χ1n) is 46.2. The van der Waals surface area contributed by atoms with Gasteiger partial charge in [-0.25, -0.2) is 44.9 Å². The summed E-state index contributed by atoms with van der Waals surface area (Å²) >= 11 is 8.14. The lowest BCUT2D eigenvalue weighted by Gasteiger charge is -2.28. The molecule has 25 heterocycles. The van der Waals surface area contributed by atoms with Gasteiger partial charge in [0.05, 0.1) is 108 Å². The standard InChI is InChI=1S/C21H19ClN6O.C21H20N6O2.2C20H17FN6O.C20H19N5O2S/c1-13-2-3-15(21(22)25-13)16-12-18(28-8-10-29-11-9-28)26-19-14(16)4-6-23-20(19)17-5-7-24-27-17;1-28-21-15(3-2-6-23-21)16-13-18(27-9-11-29-12-10-27)25-19-14(16)4-7-22-20(19)17-5-8-24-26-17;21-17-2-1-13(12-23-17)15-11-18(27-7-9-28-10-8-27)25-19-14(15)3-5-22-20(19)16-4-6-24-26-16;21-20-14(2-1-5-23-20)15-12-17(27-8-10-28-11-9-27)25-18-13(15)3-6-22-19(18)16-4-7-24-26-16;26-12-13-1-2-17(28-13)15-11-18(25-7-9-27-10-8-25)23-19-14(15)3-5-21-20(19)16-4-6-22-24-16/h2-7,12H,8-11H2,1H3,(H,24,27);2-8,13H,9-12H2,1H3,(H,24,26);1-6,11-12H,7-10H2,(H,24,26);1-7,12H,8-11H2,(H,24,26);1-6,11,26H,7-10,12H2,(H,22,24). The van der Waals surface area contributed by atoms with E-state index in [1.165, 1.54) is 12.3 Å². The van der Waals surface area contributed by atoms with E-state index in [1.54, 1.807) is 111 Å². The molecule has 0 atom stereocenters. The Bertz CT molecular complexity index is 7770. The van der Waals surface area contributed by atoms with Gasteiger partial charge in [-0.2, -0.15) is 34.3 Å². The lowest BCUT2D eigenvalue weighted by molar-refractivity contribution is 0.122. The Morgan fingerprint density at radius 3 is 1.03 bits per heavy atom. The summed E-state index contributed by atoms with van der Waals surface area (Å²) in [6.07, 6.45) is 22.0. The Hall–Kier alpha value is -16.1. The molecule has 20 aromatic rings. The molecule has 5 aliphatic heterocycles. The van der Waals surface area contributed by atoms with Gasteiger partial charge in [0.1, 0.15) is 90.3 Å². The second kappa shape index (κ2) is 42.7. The first-order valence-corrected chi connectivity index (χ1v) is 47.4. The van der Waals surface area contributed by atoms with Crippen LogP contribution in [0.5, 0.6) is 5.88 Å². The maximum Gasteiger partial charge on any atom is 0.221 e. The monoisotopic (exact) mass is 1940 g/mol. The van der Waals surface area contributed by atoms with Crippen molar-refractivity contribution in [2.24, 2.45) is 0 Å². The number of aromatic nitrogens is 24. The number of thiophene rings is 1. The summed E-state index contributed by atoms with van der Waals surface area (Å²) in [4.78, 5) is 77.1. The molecule has 5 aliphatic rings. The van der Waals surface area contributed by atoms with Crippen molar-refractivity contribution in [3.63, 3.8) is 0 Å². The third-order valence-electron chi connectivity index (χ3n) is 24.7. The van der Waals surface area contributed by atoms with Gasteiger partial charge in [-0.15, -0.1) is 11.3 Å². The SMILES string of the molecule is COc1ncccc1-c1cc(N2CCOCC2)nc2c(-c3ccn[nH]3)nccc12.Cc1ccc(-c2cc(N3CCOCC3)nc3c(-c4ccn[nH]4)nccc23)c(Cl)n1.Fc1ccc(-c2cc(N3CCOCC3)nc3c(-c4ccn[nH]4)nccc23)cn1.Fc1ncccc1-c1cc(N2CCOCC2)nc2c(-c3ccn[nH]3)nccc12.OCc1ccc(-c2cc(N3CCOCC3)nc3c(-c4ccn[nH]4)nccc23)s1. The molecule has 5 saturated heterocycles. The van der Waals surface area contributed by atoms with Crippen molar-refractivity contribution in [2.45, 2.75) is 13.5 Å². The van der Waals surface area contributed by atoms with Crippen molar-refractivity contribution in [2.75, 3.05) is 163 Å². The second-order valence-corrected chi connectivity index (χ2v) is 34.8. The van der Waals surface area contributed by atoms with Gasteiger partial charge >= 0.3 is 0 Å². The lowest BCUT2D eigenvalue weighted by Crippen LogP contribution is -2.36. The number of halogens is 3. The van der Waals surface area contributed by atoms with Crippen LogP contribution in [0.15, 0.2) is 232 Å². The van der Waals surface area contributed by atoms with E-state index >= 15 is 0 Å². The normalized spacial score (nSPS) is 14.5. The highest BCUT2D eigenvalue weighted by Crippen LogP contribution is 2.45. The zero-order valence-corrected chi connectivity index (χ0v) is 78.5. The fourth-order valence-corrected chi connectivity index (χ4v) is 18.9. The number of ether oxygens (including phenoxy) is 6. The molecule has 142 heavy (non-hydrogen) atoms.